The second kappa shape index (κ2) is 3.09. The number of hydrogen-bond acceptors (Lipinski definition) is 3. The van der Waals surface area contributed by atoms with Gasteiger partial charge in [0.25, 0.3) is 9.05 Å². The van der Waals surface area contributed by atoms with Gasteiger partial charge >= 0.3 is 0 Å². The smallest absolute Gasteiger partial charge is 0.274 e. The fourth-order valence-electron chi connectivity index (χ4n) is 0.870. The van der Waals surface area contributed by atoms with Gasteiger partial charge in [-0.1, -0.05) is 12.0 Å². The van der Waals surface area contributed by atoms with E-state index in [4.69, 9.17) is 15.4 Å². The highest BCUT2D eigenvalue weighted by Crippen LogP contribution is 2.27. The molecule has 0 aromatic carbocycles. The van der Waals surface area contributed by atoms with Crippen LogP contribution >= 0.6 is 10.7 Å². The summed E-state index contributed by atoms with van der Waals surface area (Å²) in [6.45, 7) is 0. The first-order chi connectivity index (χ1) is 5.52. The van der Waals surface area contributed by atoms with Crippen LogP contribution in [0.3, 0.4) is 0 Å². The number of methoxy groups -OCH3 is 1. The van der Waals surface area contributed by atoms with Crippen LogP contribution in [0.2, 0.25) is 0 Å². The lowest BCUT2D eigenvalue weighted by Gasteiger charge is -2.22. The molecule has 0 spiro atoms. The van der Waals surface area contributed by atoms with Crippen molar-refractivity contribution in [3.63, 3.8) is 0 Å². The van der Waals surface area contributed by atoms with Gasteiger partial charge in [0, 0.05) is 24.2 Å². The molecule has 0 amide bonds. The van der Waals surface area contributed by atoms with E-state index in [2.05, 4.69) is 11.8 Å². The van der Waals surface area contributed by atoms with Gasteiger partial charge in [0.05, 0.1) is 0 Å². The van der Waals surface area contributed by atoms with E-state index in [1.165, 1.54) is 7.11 Å². The summed E-state index contributed by atoms with van der Waals surface area (Å²) in [7, 11) is 2.64. The van der Waals surface area contributed by atoms with Crippen molar-refractivity contribution in [2.75, 3.05) is 7.11 Å². The first kappa shape index (κ1) is 9.59. The minimum atomic E-state index is -3.81. The minimum absolute atomic E-state index is 0.169. The average molecular weight is 207 g/mol. The van der Waals surface area contributed by atoms with Crippen molar-refractivity contribution in [3.8, 4) is 11.8 Å². The molecule has 0 saturated carbocycles. The maximum absolute atomic E-state index is 11.0. The molecule has 5 heteroatoms. The van der Waals surface area contributed by atoms with Gasteiger partial charge in [-0.3, -0.25) is 0 Å². The Morgan fingerprint density at radius 1 is 1.67 bits per heavy atom. The van der Waals surface area contributed by atoms with Crippen LogP contribution < -0.4 is 0 Å². The van der Waals surface area contributed by atoms with Crippen LogP contribution in [0.5, 0.6) is 0 Å². The number of hydrogen-bond donors (Lipinski definition) is 0. The van der Waals surface area contributed by atoms with Gasteiger partial charge in [0.15, 0.2) is 0 Å². The molecule has 0 aliphatic heterocycles. The van der Waals surface area contributed by atoms with Crippen LogP contribution in [0.1, 0.15) is 6.42 Å². The Morgan fingerprint density at radius 3 is 2.58 bits per heavy atom. The molecule has 12 heavy (non-hydrogen) atoms. The molecule has 1 atom stereocenters. The lowest BCUT2D eigenvalue weighted by atomic mass is 10.2. The monoisotopic (exact) mass is 206 g/mol. The van der Waals surface area contributed by atoms with E-state index >= 15 is 0 Å². The number of ether oxygens (including phenoxy) is 1. The fourth-order valence-corrected chi connectivity index (χ4v) is 2.04. The number of halogens is 1. The van der Waals surface area contributed by atoms with E-state index in [1.54, 1.807) is 12.2 Å². The number of rotatable bonds is 2. The van der Waals surface area contributed by atoms with Crippen molar-refractivity contribution in [3.05, 3.63) is 12.2 Å². The molecular formula is C7H7ClO3S. The van der Waals surface area contributed by atoms with Crippen molar-refractivity contribution in [1.82, 2.24) is 0 Å². The van der Waals surface area contributed by atoms with E-state index in [9.17, 15) is 8.42 Å². The summed E-state index contributed by atoms with van der Waals surface area (Å²) in [5.41, 5.74) is 0. The molecule has 0 aromatic heterocycles. The van der Waals surface area contributed by atoms with Crippen LogP contribution in [0.25, 0.3) is 0 Å². The maximum atomic E-state index is 11.0. The zero-order valence-corrected chi connectivity index (χ0v) is 7.95. The molecule has 1 rings (SSSR count). The summed E-state index contributed by atoms with van der Waals surface area (Å²) in [6, 6.07) is 0. The Hall–Kier alpha value is -0.500. The second-order valence-corrected chi connectivity index (χ2v) is 5.02. The Kier molecular flexibility index (Phi) is 2.47. The van der Waals surface area contributed by atoms with Crippen molar-refractivity contribution in [2.45, 2.75) is 11.4 Å². The molecule has 1 aliphatic carbocycles. The van der Waals surface area contributed by atoms with Crippen molar-refractivity contribution < 1.29 is 13.2 Å². The normalized spacial score (nSPS) is 27.8. The highest BCUT2D eigenvalue weighted by atomic mass is 35.7. The van der Waals surface area contributed by atoms with Crippen molar-refractivity contribution in [1.29, 1.82) is 0 Å². The second-order valence-electron chi connectivity index (χ2n) is 2.27. The fraction of sp³-hybridized carbons (Fsp3) is 0.429. The van der Waals surface area contributed by atoms with Gasteiger partial charge < -0.3 is 4.74 Å². The standard InChI is InChI=1S/C7H7ClO3S/c1-11-7(12(8,9)10)5-3-2-4-6-7/h2-3H,5H2,1H3. The van der Waals surface area contributed by atoms with E-state index in [-0.39, 0.29) is 6.42 Å². The predicted molar refractivity (Wildman–Crippen MR) is 46.0 cm³/mol. The molecule has 0 radical (unpaired) electrons. The molecular weight excluding hydrogens is 200 g/mol. The molecule has 0 N–H and O–H groups in total. The molecule has 0 heterocycles. The molecule has 1 aliphatic rings. The summed E-state index contributed by atoms with van der Waals surface area (Å²) in [6.07, 6.45) is 3.35. The summed E-state index contributed by atoms with van der Waals surface area (Å²) in [5, 5.41) is 0. The van der Waals surface area contributed by atoms with E-state index in [0.717, 1.165) is 0 Å². The Bertz CT molecular complexity index is 360. The van der Waals surface area contributed by atoms with Gasteiger partial charge in [-0.05, 0) is 12.0 Å². The zero-order valence-electron chi connectivity index (χ0n) is 6.37. The Labute approximate surface area is 75.8 Å². The van der Waals surface area contributed by atoms with Gasteiger partial charge in [-0.2, -0.15) is 0 Å². The largest absolute Gasteiger partial charge is 0.351 e. The minimum Gasteiger partial charge on any atom is -0.351 e. The molecule has 0 aromatic rings. The van der Waals surface area contributed by atoms with Crippen LogP contribution in [0, 0.1) is 11.8 Å². The lowest BCUT2D eigenvalue weighted by molar-refractivity contribution is 0.113. The van der Waals surface area contributed by atoms with E-state index < -0.39 is 14.0 Å². The van der Waals surface area contributed by atoms with Crippen molar-refractivity contribution in [2.24, 2.45) is 0 Å². The highest BCUT2D eigenvalue weighted by molar-refractivity contribution is 8.14. The van der Waals surface area contributed by atoms with Gasteiger partial charge in [0.1, 0.15) is 0 Å². The third-order valence-corrected chi connectivity index (χ3v) is 3.54. The molecule has 0 fully saturated rings. The predicted octanol–water partition coefficient (Wildman–Crippen LogP) is 0.861. The lowest BCUT2D eigenvalue weighted by Crippen LogP contribution is -2.36. The SMILES string of the molecule is COC1(S(=O)(=O)Cl)C#CC=CC1. The summed E-state index contributed by atoms with van der Waals surface area (Å²) >= 11 is 0. The maximum Gasteiger partial charge on any atom is 0.274 e. The van der Waals surface area contributed by atoms with Crippen LogP contribution in [0.15, 0.2) is 12.2 Å². The van der Waals surface area contributed by atoms with E-state index in [1.807, 2.05) is 0 Å². The highest BCUT2D eigenvalue weighted by Gasteiger charge is 2.41. The summed E-state index contributed by atoms with van der Waals surface area (Å²) in [4.78, 5) is -1.55. The summed E-state index contributed by atoms with van der Waals surface area (Å²) < 4.78 is 26.9. The number of allylic oxidation sites excluding steroid dienone is 1. The molecule has 3 nitrogen and oxygen atoms in total. The summed E-state index contributed by atoms with van der Waals surface area (Å²) in [5.74, 6) is 4.96. The zero-order chi connectivity index (χ0) is 9.24. The van der Waals surface area contributed by atoms with Crippen LogP contribution in [0.4, 0.5) is 0 Å². The molecule has 0 saturated heterocycles. The molecule has 1 unspecified atom stereocenters. The molecule has 66 valence electrons. The van der Waals surface area contributed by atoms with Gasteiger partial charge in [-0.15, -0.1) is 0 Å². The van der Waals surface area contributed by atoms with Crippen LogP contribution in [-0.4, -0.2) is 20.5 Å². The topological polar surface area (TPSA) is 43.4 Å². The van der Waals surface area contributed by atoms with E-state index in [0.29, 0.717) is 0 Å². The third-order valence-electron chi connectivity index (χ3n) is 1.57. The Balaban J connectivity index is 3.15. The third kappa shape index (κ3) is 1.48. The van der Waals surface area contributed by atoms with Gasteiger partial charge in [-0.25, -0.2) is 8.42 Å². The quantitative estimate of drug-likeness (QED) is 0.497. The first-order valence-corrected chi connectivity index (χ1v) is 5.50. The van der Waals surface area contributed by atoms with Gasteiger partial charge in [0.2, 0.25) is 4.93 Å². The average Bonchev–Trinajstić information content (AvgIpc) is 2.04. The first-order valence-electron chi connectivity index (χ1n) is 3.19. The van der Waals surface area contributed by atoms with Crippen LogP contribution in [-0.2, 0) is 13.8 Å². The molecule has 0 bridgehead atoms. The van der Waals surface area contributed by atoms with Crippen molar-refractivity contribution >= 4 is 19.7 Å². The Morgan fingerprint density at radius 2 is 2.33 bits per heavy atom.